The third-order valence-electron chi connectivity index (χ3n) is 5.00. The molecule has 4 rings (SSSR count). The number of alkyl halides is 3. The Morgan fingerprint density at radius 1 is 1.06 bits per heavy atom. The van der Waals surface area contributed by atoms with Gasteiger partial charge >= 0.3 is 6.18 Å². The lowest BCUT2D eigenvalue weighted by molar-refractivity contribution is -0.137. The number of hydrogen-bond donors (Lipinski definition) is 1. The molecule has 1 amide bonds. The van der Waals surface area contributed by atoms with Crippen molar-refractivity contribution in [2.45, 2.75) is 23.6 Å². The van der Waals surface area contributed by atoms with E-state index < -0.39 is 23.5 Å². The van der Waals surface area contributed by atoms with Gasteiger partial charge in [0, 0.05) is 15.9 Å². The summed E-state index contributed by atoms with van der Waals surface area (Å²) < 4.78 is 55.8. The maximum Gasteiger partial charge on any atom is 0.416 e. The second-order valence-electron chi connectivity index (χ2n) is 7.48. The summed E-state index contributed by atoms with van der Waals surface area (Å²) in [6.45, 7) is -0.101. The fraction of sp³-hybridized carbons (Fsp3) is 0.125. The van der Waals surface area contributed by atoms with Gasteiger partial charge in [0.1, 0.15) is 5.82 Å². The molecule has 0 saturated carbocycles. The fourth-order valence-electron chi connectivity index (χ4n) is 3.31. The molecular formula is C24H16BrClF4N4OS. The minimum absolute atomic E-state index is 0.0285. The number of halogens is 6. The molecule has 0 saturated heterocycles. The fourth-order valence-corrected chi connectivity index (χ4v) is 4.73. The maximum atomic E-state index is 14.1. The van der Waals surface area contributed by atoms with Gasteiger partial charge in [-0.05, 0) is 48.0 Å². The molecule has 0 aliphatic rings. The van der Waals surface area contributed by atoms with Crippen molar-refractivity contribution in [2.24, 2.45) is 0 Å². The van der Waals surface area contributed by atoms with Crippen molar-refractivity contribution >= 4 is 45.2 Å². The first-order valence-corrected chi connectivity index (χ1v) is 12.5. The van der Waals surface area contributed by atoms with Gasteiger partial charge in [0.05, 0.1) is 22.7 Å². The second-order valence-corrected chi connectivity index (χ2v) is 9.74. The second kappa shape index (κ2) is 11.0. The Balaban J connectivity index is 1.59. The highest BCUT2D eigenvalue weighted by Crippen LogP contribution is 2.32. The molecule has 36 heavy (non-hydrogen) atoms. The quantitative estimate of drug-likeness (QED) is 0.183. The van der Waals surface area contributed by atoms with Crippen molar-refractivity contribution in [1.82, 2.24) is 20.1 Å². The smallest absolute Gasteiger partial charge is 0.345 e. The molecule has 4 aromatic rings. The summed E-state index contributed by atoms with van der Waals surface area (Å²) in [6, 6.07) is 16.2. The average molecular weight is 600 g/mol. The first-order chi connectivity index (χ1) is 17.1. The van der Waals surface area contributed by atoms with Crippen LogP contribution in [0.3, 0.4) is 0 Å². The topological polar surface area (TPSA) is 59.8 Å². The van der Waals surface area contributed by atoms with Crippen LogP contribution in [0.2, 0.25) is 5.02 Å². The normalized spacial score (nSPS) is 11.5. The SMILES string of the molecule is O=C(NCc1nnc(SCc2cccc(C(F)(F)F)c2)n1-c1ccc(Br)cc1)c1c(F)cccc1Cl. The van der Waals surface area contributed by atoms with Crippen LogP contribution >= 0.6 is 39.3 Å². The number of carbonyl (C=O) groups excluding carboxylic acids is 1. The van der Waals surface area contributed by atoms with E-state index in [0.29, 0.717) is 22.2 Å². The van der Waals surface area contributed by atoms with Crippen LogP contribution in [0.4, 0.5) is 17.6 Å². The highest BCUT2D eigenvalue weighted by Gasteiger charge is 2.30. The third kappa shape index (κ3) is 6.08. The lowest BCUT2D eigenvalue weighted by Crippen LogP contribution is -2.26. The molecule has 0 fully saturated rings. The molecule has 12 heteroatoms. The van der Waals surface area contributed by atoms with Crippen molar-refractivity contribution in [1.29, 1.82) is 0 Å². The zero-order valence-corrected chi connectivity index (χ0v) is 21.3. The van der Waals surface area contributed by atoms with E-state index in [1.807, 2.05) is 0 Å². The Labute approximate surface area is 221 Å². The van der Waals surface area contributed by atoms with E-state index in [1.54, 1.807) is 34.9 Å². The van der Waals surface area contributed by atoms with Gasteiger partial charge in [-0.2, -0.15) is 13.2 Å². The zero-order chi connectivity index (χ0) is 25.9. The number of carbonyl (C=O) groups is 1. The average Bonchev–Trinajstić information content (AvgIpc) is 3.24. The van der Waals surface area contributed by atoms with Gasteiger partial charge in [0.2, 0.25) is 0 Å². The van der Waals surface area contributed by atoms with Gasteiger partial charge in [0.15, 0.2) is 11.0 Å². The first-order valence-electron chi connectivity index (χ1n) is 10.3. The van der Waals surface area contributed by atoms with Crippen LogP contribution in [-0.4, -0.2) is 20.7 Å². The Hall–Kier alpha value is -2.89. The van der Waals surface area contributed by atoms with E-state index in [2.05, 4.69) is 31.4 Å². The molecule has 3 aromatic carbocycles. The Morgan fingerprint density at radius 2 is 1.78 bits per heavy atom. The molecule has 0 spiro atoms. The van der Waals surface area contributed by atoms with Gasteiger partial charge in [-0.15, -0.1) is 10.2 Å². The summed E-state index contributed by atoms with van der Waals surface area (Å²) in [6.07, 6.45) is -4.44. The lowest BCUT2D eigenvalue weighted by Gasteiger charge is -2.12. The summed E-state index contributed by atoms with van der Waals surface area (Å²) >= 11 is 10.5. The van der Waals surface area contributed by atoms with Crippen molar-refractivity contribution in [3.8, 4) is 5.69 Å². The minimum Gasteiger partial charge on any atom is -0.345 e. The molecule has 0 aliphatic carbocycles. The molecule has 0 atom stereocenters. The number of nitrogens with zero attached hydrogens (tertiary/aromatic N) is 3. The highest BCUT2D eigenvalue weighted by molar-refractivity contribution is 9.10. The number of benzene rings is 3. The molecule has 0 bridgehead atoms. The van der Waals surface area contributed by atoms with Gasteiger partial charge in [-0.3, -0.25) is 9.36 Å². The van der Waals surface area contributed by atoms with Crippen molar-refractivity contribution in [3.05, 3.63) is 105 Å². The van der Waals surface area contributed by atoms with Crippen LogP contribution < -0.4 is 5.32 Å². The van der Waals surface area contributed by atoms with Crippen molar-refractivity contribution in [3.63, 3.8) is 0 Å². The van der Waals surface area contributed by atoms with Gasteiger partial charge in [-0.1, -0.05) is 63.6 Å². The minimum atomic E-state index is -4.44. The van der Waals surface area contributed by atoms with Crippen LogP contribution in [0, 0.1) is 5.82 Å². The molecule has 5 nitrogen and oxygen atoms in total. The van der Waals surface area contributed by atoms with Gasteiger partial charge < -0.3 is 5.32 Å². The number of amides is 1. The Morgan fingerprint density at radius 3 is 2.47 bits per heavy atom. The summed E-state index contributed by atoms with van der Waals surface area (Å²) in [5.74, 6) is -0.937. The van der Waals surface area contributed by atoms with Crippen molar-refractivity contribution in [2.75, 3.05) is 0 Å². The predicted octanol–water partition coefficient (Wildman–Crippen LogP) is 7.06. The van der Waals surface area contributed by atoms with Crippen molar-refractivity contribution < 1.29 is 22.4 Å². The van der Waals surface area contributed by atoms with E-state index in [9.17, 15) is 22.4 Å². The van der Waals surface area contributed by atoms with Crippen LogP contribution in [-0.2, 0) is 18.5 Å². The Kier molecular flexibility index (Phi) is 8.01. The number of thioether (sulfide) groups is 1. The van der Waals surface area contributed by atoms with E-state index in [-0.39, 0.29) is 22.9 Å². The standard InChI is InChI=1S/C24H16BrClF4N4OS/c25-16-7-9-17(10-8-16)34-20(12-31-22(35)21-18(26)5-2-6-19(21)27)32-33-23(34)36-13-14-3-1-4-15(11-14)24(28,29)30/h1-11H,12-13H2,(H,31,35). The molecule has 1 aromatic heterocycles. The van der Waals surface area contributed by atoms with E-state index >= 15 is 0 Å². The van der Waals surface area contributed by atoms with Crippen LogP contribution in [0.5, 0.6) is 0 Å². The summed E-state index contributed by atoms with van der Waals surface area (Å²) in [5, 5.41) is 11.3. The van der Waals surface area contributed by atoms with E-state index in [4.69, 9.17) is 11.6 Å². The maximum absolute atomic E-state index is 14.1. The summed E-state index contributed by atoms with van der Waals surface area (Å²) in [7, 11) is 0. The molecule has 1 heterocycles. The van der Waals surface area contributed by atoms with E-state index in [0.717, 1.165) is 22.7 Å². The van der Waals surface area contributed by atoms with Gasteiger partial charge in [-0.25, -0.2) is 4.39 Å². The number of aromatic nitrogens is 3. The third-order valence-corrected chi connectivity index (χ3v) is 6.85. The van der Waals surface area contributed by atoms with Crippen LogP contribution in [0.15, 0.2) is 76.4 Å². The number of nitrogens with one attached hydrogen (secondary N) is 1. The Bertz CT molecular complexity index is 1380. The monoisotopic (exact) mass is 598 g/mol. The zero-order valence-electron chi connectivity index (χ0n) is 18.2. The molecule has 0 aliphatic heterocycles. The summed E-state index contributed by atoms with van der Waals surface area (Å²) in [5.41, 5.74) is 0.116. The van der Waals surface area contributed by atoms with Crippen LogP contribution in [0.1, 0.15) is 27.3 Å². The van der Waals surface area contributed by atoms with Crippen LogP contribution in [0.25, 0.3) is 5.69 Å². The molecule has 1 N–H and O–H groups in total. The number of hydrogen-bond acceptors (Lipinski definition) is 4. The molecule has 0 radical (unpaired) electrons. The lowest BCUT2D eigenvalue weighted by atomic mass is 10.1. The highest BCUT2D eigenvalue weighted by atomic mass is 79.9. The molecule has 186 valence electrons. The van der Waals surface area contributed by atoms with Gasteiger partial charge in [0.25, 0.3) is 5.91 Å². The predicted molar refractivity (Wildman–Crippen MR) is 133 cm³/mol. The molecular weight excluding hydrogens is 584 g/mol. The number of rotatable bonds is 7. The molecule has 0 unspecified atom stereocenters. The summed E-state index contributed by atoms with van der Waals surface area (Å²) in [4.78, 5) is 12.6. The largest absolute Gasteiger partial charge is 0.416 e. The first kappa shape index (κ1) is 26.2. The van der Waals surface area contributed by atoms with E-state index in [1.165, 1.54) is 30.0 Å².